The van der Waals surface area contributed by atoms with Crippen LogP contribution in [0.5, 0.6) is 0 Å². The van der Waals surface area contributed by atoms with E-state index >= 15 is 0 Å². The normalized spacial score (nSPS) is 12.8. The first-order chi connectivity index (χ1) is 15.5. The number of benzene rings is 2. The first-order valence-corrected chi connectivity index (χ1v) is 12.9. The molecule has 5 rings (SSSR count). The Morgan fingerprint density at radius 1 is 1.12 bits per heavy atom. The summed E-state index contributed by atoms with van der Waals surface area (Å²) in [7, 11) is 0. The van der Waals surface area contributed by atoms with E-state index in [4.69, 9.17) is 4.98 Å². The maximum absolute atomic E-state index is 13.2. The van der Waals surface area contributed by atoms with Crippen LogP contribution in [0, 0.1) is 13.8 Å². The second-order valence-corrected chi connectivity index (χ2v) is 10.7. The SMILES string of the molecule is Cc1ccc(-n2c(SCC(=O)Nc3nc4ccc(C)cc4s3)nc3c(c2=O)SCC3)cc1. The van der Waals surface area contributed by atoms with Crippen molar-refractivity contribution >= 4 is 56.1 Å². The van der Waals surface area contributed by atoms with Crippen molar-refractivity contribution < 1.29 is 4.79 Å². The number of fused-ring (bicyclic) bond motifs is 2. The van der Waals surface area contributed by atoms with E-state index < -0.39 is 0 Å². The van der Waals surface area contributed by atoms with Gasteiger partial charge in [-0.25, -0.2) is 9.97 Å². The van der Waals surface area contributed by atoms with E-state index in [1.165, 1.54) is 23.1 Å². The Bertz CT molecular complexity index is 1390. The summed E-state index contributed by atoms with van der Waals surface area (Å²) in [4.78, 5) is 35.8. The largest absolute Gasteiger partial charge is 0.301 e. The van der Waals surface area contributed by atoms with Gasteiger partial charge in [0.25, 0.3) is 5.56 Å². The van der Waals surface area contributed by atoms with E-state index in [1.54, 1.807) is 16.3 Å². The molecule has 0 aliphatic carbocycles. The van der Waals surface area contributed by atoms with Crippen molar-refractivity contribution in [3.8, 4) is 5.69 Å². The van der Waals surface area contributed by atoms with Crippen LogP contribution in [0.1, 0.15) is 16.8 Å². The minimum absolute atomic E-state index is 0.0641. The topological polar surface area (TPSA) is 76.9 Å². The smallest absolute Gasteiger partial charge is 0.272 e. The van der Waals surface area contributed by atoms with Crippen LogP contribution in [-0.2, 0) is 11.2 Å². The molecule has 1 aliphatic heterocycles. The second-order valence-electron chi connectivity index (χ2n) is 7.57. The molecule has 2 aromatic carbocycles. The molecule has 3 heterocycles. The quantitative estimate of drug-likeness (QED) is 0.325. The third-order valence-corrected chi connectivity index (χ3v) is 8.06. The number of thioether (sulfide) groups is 2. The Kier molecular flexibility index (Phi) is 5.79. The van der Waals surface area contributed by atoms with Gasteiger partial charge >= 0.3 is 0 Å². The van der Waals surface area contributed by atoms with Gasteiger partial charge in [0.2, 0.25) is 5.91 Å². The molecule has 6 nitrogen and oxygen atoms in total. The number of hydrogen-bond donors (Lipinski definition) is 1. The van der Waals surface area contributed by atoms with Crippen molar-refractivity contribution in [2.45, 2.75) is 30.3 Å². The number of hydrogen-bond acceptors (Lipinski definition) is 7. The lowest BCUT2D eigenvalue weighted by molar-refractivity contribution is -0.113. The van der Waals surface area contributed by atoms with E-state index in [-0.39, 0.29) is 17.2 Å². The van der Waals surface area contributed by atoms with E-state index in [0.717, 1.165) is 44.9 Å². The average molecular weight is 481 g/mol. The molecule has 162 valence electrons. The molecule has 0 fully saturated rings. The first-order valence-electron chi connectivity index (χ1n) is 10.1. The molecule has 0 bridgehead atoms. The van der Waals surface area contributed by atoms with Crippen molar-refractivity contribution in [3.05, 3.63) is 69.6 Å². The van der Waals surface area contributed by atoms with Gasteiger partial charge in [0.15, 0.2) is 10.3 Å². The molecule has 0 atom stereocenters. The number of nitrogens with zero attached hydrogens (tertiary/aromatic N) is 3. The van der Waals surface area contributed by atoms with Gasteiger partial charge in [0.1, 0.15) is 0 Å². The number of nitrogens with one attached hydrogen (secondary N) is 1. The third kappa shape index (κ3) is 4.20. The lowest BCUT2D eigenvalue weighted by Crippen LogP contribution is -2.24. The maximum Gasteiger partial charge on any atom is 0.272 e. The molecule has 9 heteroatoms. The molecular formula is C23H20N4O2S3. The van der Waals surface area contributed by atoms with Crippen molar-refractivity contribution in [1.29, 1.82) is 0 Å². The van der Waals surface area contributed by atoms with Crippen LogP contribution in [0.2, 0.25) is 0 Å². The Morgan fingerprint density at radius 2 is 1.91 bits per heavy atom. The minimum atomic E-state index is -0.176. The summed E-state index contributed by atoms with van der Waals surface area (Å²) in [5.41, 5.74) is 4.66. The first kappa shape index (κ1) is 21.2. The summed E-state index contributed by atoms with van der Waals surface area (Å²) in [5, 5.41) is 3.99. The van der Waals surface area contributed by atoms with Crippen LogP contribution in [0.3, 0.4) is 0 Å². The van der Waals surface area contributed by atoms with Crippen molar-refractivity contribution in [2.75, 3.05) is 16.8 Å². The average Bonchev–Trinajstić information content (AvgIpc) is 3.39. The molecule has 0 saturated heterocycles. The number of rotatable bonds is 5. The van der Waals surface area contributed by atoms with Crippen LogP contribution in [0.15, 0.2) is 57.3 Å². The minimum Gasteiger partial charge on any atom is -0.301 e. The van der Waals surface area contributed by atoms with Crippen molar-refractivity contribution in [2.24, 2.45) is 0 Å². The molecular weight excluding hydrogens is 460 g/mol. The Morgan fingerprint density at radius 3 is 2.72 bits per heavy atom. The Balaban J connectivity index is 1.39. The number of carbonyl (C=O) groups is 1. The predicted octanol–water partition coefficient (Wildman–Crippen LogP) is 4.84. The molecule has 4 aromatic rings. The van der Waals surface area contributed by atoms with Crippen LogP contribution in [-0.4, -0.2) is 31.9 Å². The highest BCUT2D eigenvalue weighted by atomic mass is 32.2. The van der Waals surface area contributed by atoms with E-state index in [1.807, 2.05) is 50.2 Å². The van der Waals surface area contributed by atoms with Crippen LogP contribution in [0.4, 0.5) is 5.13 Å². The predicted molar refractivity (Wildman–Crippen MR) is 133 cm³/mol. The van der Waals surface area contributed by atoms with Gasteiger partial charge in [-0.05, 0) is 43.7 Å². The monoisotopic (exact) mass is 480 g/mol. The number of aryl methyl sites for hydroxylation is 3. The summed E-state index contributed by atoms with van der Waals surface area (Å²) < 4.78 is 2.66. The van der Waals surface area contributed by atoms with Crippen molar-refractivity contribution in [1.82, 2.24) is 14.5 Å². The fourth-order valence-corrected chi connectivity index (χ4v) is 6.31. The molecule has 2 aromatic heterocycles. The molecule has 1 N–H and O–H groups in total. The molecule has 0 saturated carbocycles. The van der Waals surface area contributed by atoms with E-state index in [0.29, 0.717) is 15.2 Å². The number of amides is 1. The van der Waals surface area contributed by atoms with Gasteiger partial charge in [0.05, 0.1) is 32.2 Å². The third-order valence-electron chi connectivity index (χ3n) is 5.08. The molecule has 1 amide bonds. The molecule has 1 aliphatic rings. The fourth-order valence-electron chi connectivity index (χ4n) is 3.48. The highest BCUT2D eigenvalue weighted by Crippen LogP contribution is 2.30. The molecule has 0 unspecified atom stereocenters. The highest BCUT2D eigenvalue weighted by Gasteiger charge is 2.23. The molecule has 0 spiro atoms. The van der Waals surface area contributed by atoms with Crippen LogP contribution < -0.4 is 10.9 Å². The number of anilines is 1. The number of carbonyl (C=O) groups excluding carboxylic acids is 1. The van der Waals surface area contributed by atoms with E-state index in [2.05, 4.69) is 16.4 Å². The van der Waals surface area contributed by atoms with Gasteiger partial charge in [-0.15, -0.1) is 11.8 Å². The Labute approximate surface area is 197 Å². The zero-order valence-electron chi connectivity index (χ0n) is 17.5. The van der Waals surface area contributed by atoms with Gasteiger partial charge in [-0.2, -0.15) is 0 Å². The standard InChI is InChI=1S/C23H20N4O2S3/c1-13-3-6-15(7-4-13)27-21(29)20-17(9-10-30-20)25-23(27)31-12-19(28)26-22-24-16-8-5-14(2)11-18(16)32-22/h3-8,11H,9-10,12H2,1-2H3,(H,24,26,28). The van der Waals surface area contributed by atoms with Gasteiger partial charge in [0, 0.05) is 12.2 Å². The maximum atomic E-state index is 13.2. The number of aromatic nitrogens is 3. The zero-order chi connectivity index (χ0) is 22.2. The van der Waals surface area contributed by atoms with E-state index in [9.17, 15) is 9.59 Å². The van der Waals surface area contributed by atoms with Gasteiger partial charge in [-0.1, -0.05) is 46.9 Å². The summed E-state index contributed by atoms with van der Waals surface area (Å²) in [5.74, 6) is 0.821. The summed E-state index contributed by atoms with van der Waals surface area (Å²) in [6, 6.07) is 13.8. The summed E-state index contributed by atoms with van der Waals surface area (Å²) in [6.45, 7) is 4.04. The zero-order valence-corrected chi connectivity index (χ0v) is 20.0. The summed E-state index contributed by atoms with van der Waals surface area (Å²) >= 11 is 4.28. The molecule has 32 heavy (non-hydrogen) atoms. The lowest BCUT2D eigenvalue weighted by atomic mass is 10.2. The van der Waals surface area contributed by atoms with Gasteiger partial charge < -0.3 is 5.32 Å². The summed E-state index contributed by atoms with van der Waals surface area (Å²) in [6.07, 6.45) is 0.773. The van der Waals surface area contributed by atoms with Crippen LogP contribution in [0.25, 0.3) is 15.9 Å². The lowest BCUT2D eigenvalue weighted by Gasteiger charge is -2.13. The van der Waals surface area contributed by atoms with Crippen LogP contribution >= 0.6 is 34.9 Å². The fraction of sp³-hybridized carbons (Fsp3) is 0.217. The number of thiazole rings is 1. The second kappa shape index (κ2) is 8.73. The van der Waals surface area contributed by atoms with Gasteiger partial charge in [-0.3, -0.25) is 14.2 Å². The molecule has 0 radical (unpaired) electrons. The highest BCUT2D eigenvalue weighted by molar-refractivity contribution is 8.00. The Hall–Kier alpha value is -2.62. The van der Waals surface area contributed by atoms with Crippen molar-refractivity contribution in [3.63, 3.8) is 0 Å².